The van der Waals surface area contributed by atoms with E-state index in [9.17, 15) is 4.79 Å². The molecule has 0 fully saturated rings. The number of hydrogen-bond donors (Lipinski definition) is 2. The van der Waals surface area contributed by atoms with Gasteiger partial charge in [0, 0.05) is 12.2 Å². The van der Waals surface area contributed by atoms with Gasteiger partial charge in [-0.25, -0.2) is 0 Å². The molecule has 0 aliphatic rings. The second-order valence-corrected chi connectivity index (χ2v) is 4.08. The third-order valence-electron chi connectivity index (χ3n) is 2.40. The standard InChI is InChI=1S/C13H20N2O/c1-4-14-13(16)9-15-12-7-5-11(6-8-12)10(2)3/h5-8,10,15H,4,9H2,1-3H3,(H,14,16). The van der Waals surface area contributed by atoms with Gasteiger partial charge in [0.1, 0.15) is 0 Å². The Balaban J connectivity index is 2.46. The summed E-state index contributed by atoms with van der Waals surface area (Å²) < 4.78 is 0. The van der Waals surface area contributed by atoms with Crippen LogP contribution < -0.4 is 10.6 Å². The van der Waals surface area contributed by atoms with Gasteiger partial charge in [0.15, 0.2) is 0 Å². The maximum atomic E-state index is 11.2. The molecule has 0 spiro atoms. The summed E-state index contributed by atoms with van der Waals surface area (Å²) in [6.07, 6.45) is 0. The molecule has 0 unspecified atom stereocenters. The predicted octanol–water partition coefficient (Wildman–Crippen LogP) is 2.36. The fraction of sp³-hybridized carbons (Fsp3) is 0.462. The van der Waals surface area contributed by atoms with Crippen molar-refractivity contribution < 1.29 is 4.79 Å². The number of likely N-dealkylation sites (N-methyl/N-ethyl adjacent to an activating group) is 1. The van der Waals surface area contributed by atoms with Gasteiger partial charge in [0.05, 0.1) is 6.54 Å². The number of carbonyl (C=O) groups excluding carboxylic acids is 1. The molecule has 3 heteroatoms. The topological polar surface area (TPSA) is 41.1 Å². The normalized spacial score (nSPS) is 10.2. The Morgan fingerprint density at radius 3 is 2.38 bits per heavy atom. The molecule has 88 valence electrons. The van der Waals surface area contributed by atoms with E-state index in [0.717, 1.165) is 5.69 Å². The number of benzene rings is 1. The highest BCUT2D eigenvalue weighted by Crippen LogP contribution is 2.16. The molecule has 0 aliphatic carbocycles. The van der Waals surface area contributed by atoms with E-state index in [0.29, 0.717) is 19.0 Å². The van der Waals surface area contributed by atoms with Crippen LogP contribution in [0.1, 0.15) is 32.3 Å². The third kappa shape index (κ3) is 3.93. The molecule has 0 bridgehead atoms. The second kappa shape index (κ2) is 6.16. The maximum Gasteiger partial charge on any atom is 0.239 e. The molecule has 16 heavy (non-hydrogen) atoms. The number of carbonyl (C=O) groups is 1. The minimum Gasteiger partial charge on any atom is -0.376 e. The van der Waals surface area contributed by atoms with Gasteiger partial charge in [-0.05, 0) is 30.5 Å². The molecule has 0 aliphatic heterocycles. The fourth-order valence-electron chi connectivity index (χ4n) is 1.43. The summed E-state index contributed by atoms with van der Waals surface area (Å²) in [5.41, 5.74) is 2.29. The van der Waals surface area contributed by atoms with E-state index in [1.807, 2.05) is 19.1 Å². The lowest BCUT2D eigenvalue weighted by Crippen LogP contribution is -2.29. The van der Waals surface area contributed by atoms with Crippen LogP contribution in [0.5, 0.6) is 0 Å². The zero-order valence-corrected chi connectivity index (χ0v) is 10.2. The first kappa shape index (κ1) is 12.6. The van der Waals surface area contributed by atoms with Crippen molar-refractivity contribution in [1.82, 2.24) is 5.32 Å². The summed E-state index contributed by atoms with van der Waals surface area (Å²) in [6.45, 7) is 7.24. The molecule has 0 atom stereocenters. The van der Waals surface area contributed by atoms with E-state index in [1.165, 1.54) is 5.56 Å². The van der Waals surface area contributed by atoms with Gasteiger partial charge in [-0.1, -0.05) is 26.0 Å². The van der Waals surface area contributed by atoms with Crippen molar-refractivity contribution in [3.63, 3.8) is 0 Å². The van der Waals surface area contributed by atoms with Crippen molar-refractivity contribution in [3.05, 3.63) is 29.8 Å². The number of anilines is 1. The summed E-state index contributed by atoms with van der Waals surface area (Å²) in [6, 6.07) is 8.19. The van der Waals surface area contributed by atoms with E-state index in [-0.39, 0.29) is 5.91 Å². The van der Waals surface area contributed by atoms with Crippen molar-refractivity contribution in [2.24, 2.45) is 0 Å². The lowest BCUT2D eigenvalue weighted by molar-refractivity contribution is -0.119. The van der Waals surface area contributed by atoms with Crippen molar-refractivity contribution in [1.29, 1.82) is 0 Å². The van der Waals surface area contributed by atoms with Crippen molar-refractivity contribution >= 4 is 11.6 Å². The summed E-state index contributed by atoms with van der Waals surface area (Å²) in [7, 11) is 0. The minimum absolute atomic E-state index is 0.0236. The summed E-state index contributed by atoms with van der Waals surface area (Å²) in [5.74, 6) is 0.563. The fourth-order valence-corrected chi connectivity index (χ4v) is 1.43. The van der Waals surface area contributed by atoms with Crippen LogP contribution in [-0.2, 0) is 4.79 Å². The number of rotatable bonds is 5. The van der Waals surface area contributed by atoms with E-state index >= 15 is 0 Å². The maximum absolute atomic E-state index is 11.2. The zero-order valence-electron chi connectivity index (χ0n) is 10.2. The van der Waals surface area contributed by atoms with Crippen LogP contribution in [0.25, 0.3) is 0 Å². The molecular weight excluding hydrogens is 200 g/mol. The average Bonchev–Trinajstić information content (AvgIpc) is 2.27. The Morgan fingerprint density at radius 1 is 1.25 bits per heavy atom. The van der Waals surface area contributed by atoms with Gasteiger partial charge in [-0.2, -0.15) is 0 Å². The molecule has 0 aromatic heterocycles. The summed E-state index contributed by atoms with van der Waals surface area (Å²) in [4.78, 5) is 11.2. The second-order valence-electron chi connectivity index (χ2n) is 4.08. The zero-order chi connectivity index (χ0) is 12.0. The van der Waals surface area contributed by atoms with Gasteiger partial charge in [-0.3, -0.25) is 4.79 Å². The van der Waals surface area contributed by atoms with Gasteiger partial charge in [0.25, 0.3) is 0 Å². The van der Waals surface area contributed by atoms with E-state index in [4.69, 9.17) is 0 Å². The predicted molar refractivity (Wildman–Crippen MR) is 67.7 cm³/mol. The first-order valence-electron chi connectivity index (χ1n) is 5.74. The highest BCUT2D eigenvalue weighted by molar-refractivity contribution is 5.80. The van der Waals surface area contributed by atoms with Gasteiger partial charge in [0.2, 0.25) is 5.91 Å². The minimum atomic E-state index is 0.0236. The SMILES string of the molecule is CCNC(=O)CNc1ccc(C(C)C)cc1. The molecule has 1 rings (SSSR count). The van der Waals surface area contributed by atoms with Crippen molar-refractivity contribution in [2.75, 3.05) is 18.4 Å². The lowest BCUT2D eigenvalue weighted by Gasteiger charge is -2.09. The largest absolute Gasteiger partial charge is 0.376 e. The Bertz CT molecular complexity index is 330. The van der Waals surface area contributed by atoms with Crippen LogP contribution in [0.2, 0.25) is 0 Å². The number of nitrogens with one attached hydrogen (secondary N) is 2. The Morgan fingerprint density at radius 2 is 1.88 bits per heavy atom. The number of amides is 1. The monoisotopic (exact) mass is 220 g/mol. The van der Waals surface area contributed by atoms with Gasteiger partial charge >= 0.3 is 0 Å². The van der Waals surface area contributed by atoms with Crippen LogP contribution in [0, 0.1) is 0 Å². The van der Waals surface area contributed by atoms with Crippen molar-refractivity contribution in [2.45, 2.75) is 26.7 Å². The molecular formula is C13H20N2O. The summed E-state index contributed by atoms with van der Waals surface area (Å²) >= 11 is 0. The van der Waals surface area contributed by atoms with Crippen molar-refractivity contribution in [3.8, 4) is 0 Å². The Hall–Kier alpha value is -1.51. The number of hydrogen-bond acceptors (Lipinski definition) is 2. The molecule has 3 nitrogen and oxygen atoms in total. The van der Waals surface area contributed by atoms with Gasteiger partial charge < -0.3 is 10.6 Å². The molecule has 0 heterocycles. The van der Waals surface area contributed by atoms with E-state index in [2.05, 4.69) is 36.6 Å². The average molecular weight is 220 g/mol. The molecule has 0 saturated heterocycles. The molecule has 1 aromatic carbocycles. The molecule has 2 N–H and O–H groups in total. The van der Waals surface area contributed by atoms with Crippen LogP contribution in [0.3, 0.4) is 0 Å². The van der Waals surface area contributed by atoms with E-state index < -0.39 is 0 Å². The molecule has 0 radical (unpaired) electrons. The van der Waals surface area contributed by atoms with Crippen LogP contribution in [0.15, 0.2) is 24.3 Å². The molecule has 1 aromatic rings. The van der Waals surface area contributed by atoms with Gasteiger partial charge in [-0.15, -0.1) is 0 Å². The first-order valence-corrected chi connectivity index (χ1v) is 5.74. The quantitative estimate of drug-likeness (QED) is 0.799. The van der Waals surface area contributed by atoms with Crippen LogP contribution >= 0.6 is 0 Å². The lowest BCUT2D eigenvalue weighted by atomic mass is 10.0. The van der Waals surface area contributed by atoms with Crippen LogP contribution in [-0.4, -0.2) is 19.0 Å². The Labute approximate surface area is 97.2 Å². The highest BCUT2D eigenvalue weighted by Gasteiger charge is 2.00. The summed E-state index contributed by atoms with van der Waals surface area (Å²) in [5, 5.41) is 5.83. The van der Waals surface area contributed by atoms with Crippen LogP contribution in [0.4, 0.5) is 5.69 Å². The van der Waals surface area contributed by atoms with E-state index in [1.54, 1.807) is 0 Å². The molecule has 1 amide bonds. The molecule has 0 saturated carbocycles. The Kier molecular flexibility index (Phi) is 4.83. The highest BCUT2D eigenvalue weighted by atomic mass is 16.1. The third-order valence-corrected chi connectivity index (χ3v) is 2.40. The first-order chi connectivity index (χ1) is 7.63. The smallest absolute Gasteiger partial charge is 0.239 e.